The number of morpholine rings is 1. The minimum Gasteiger partial charge on any atom is -0.379 e. The summed E-state index contributed by atoms with van der Waals surface area (Å²) in [5.41, 5.74) is 2.60. The van der Waals surface area contributed by atoms with Crippen LogP contribution in [0.15, 0.2) is 30.8 Å². The van der Waals surface area contributed by atoms with E-state index < -0.39 is 0 Å². The van der Waals surface area contributed by atoms with Crippen LogP contribution in [0.5, 0.6) is 0 Å². The van der Waals surface area contributed by atoms with E-state index in [0.29, 0.717) is 6.04 Å². The number of rotatable bonds is 3. The molecule has 0 spiro atoms. The molecule has 1 unspecified atom stereocenters. The van der Waals surface area contributed by atoms with Gasteiger partial charge in [-0.15, -0.1) is 0 Å². The van der Waals surface area contributed by atoms with E-state index in [4.69, 9.17) is 4.74 Å². The first-order valence-corrected chi connectivity index (χ1v) is 5.86. The molecule has 1 aromatic carbocycles. The van der Waals surface area contributed by atoms with E-state index in [-0.39, 0.29) is 0 Å². The fraction of sp³-hybridized carbons (Fsp3) is 0.429. The second-order valence-corrected chi connectivity index (χ2v) is 4.16. The molecule has 1 aliphatic heterocycles. The molecule has 0 aliphatic carbocycles. The van der Waals surface area contributed by atoms with E-state index in [1.54, 1.807) is 0 Å². The summed E-state index contributed by atoms with van der Waals surface area (Å²) >= 11 is 0. The SMILES string of the molecule is C=Cc1ccccc1C(C)N1CCOCC1. The van der Waals surface area contributed by atoms with Crippen molar-refractivity contribution in [2.75, 3.05) is 26.3 Å². The molecule has 0 saturated carbocycles. The van der Waals surface area contributed by atoms with Crippen molar-refractivity contribution in [3.8, 4) is 0 Å². The van der Waals surface area contributed by atoms with Crippen molar-refractivity contribution in [1.82, 2.24) is 4.90 Å². The lowest BCUT2D eigenvalue weighted by atomic mass is 10.00. The molecule has 1 aromatic rings. The fourth-order valence-corrected chi connectivity index (χ4v) is 2.24. The number of ether oxygens (including phenoxy) is 1. The lowest BCUT2D eigenvalue weighted by molar-refractivity contribution is 0.0198. The predicted molar refractivity (Wildman–Crippen MR) is 67.3 cm³/mol. The fourth-order valence-electron chi connectivity index (χ4n) is 2.24. The van der Waals surface area contributed by atoms with Gasteiger partial charge < -0.3 is 4.74 Å². The molecule has 2 heteroatoms. The van der Waals surface area contributed by atoms with Crippen molar-refractivity contribution in [3.63, 3.8) is 0 Å². The van der Waals surface area contributed by atoms with E-state index in [1.165, 1.54) is 11.1 Å². The molecule has 0 bridgehead atoms. The molecule has 0 aromatic heterocycles. The Labute approximate surface area is 97.5 Å². The van der Waals surface area contributed by atoms with E-state index in [9.17, 15) is 0 Å². The van der Waals surface area contributed by atoms with Crippen molar-refractivity contribution in [3.05, 3.63) is 42.0 Å². The number of benzene rings is 1. The minimum absolute atomic E-state index is 0.443. The van der Waals surface area contributed by atoms with Crippen LogP contribution in [0.2, 0.25) is 0 Å². The van der Waals surface area contributed by atoms with Crippen LogP contribution >= 0.6 is 0 Å². The average Bonchev–Trinajstić information content (AvgIpc) is 2.39. The van der Waals surface area contributed by atoms with Gasteiger partial charge in [0.25, 0.3) is 0 Å². The summed E-state index contributed by atoms with van der Waals surface area (Å²) in [7, 11) is 0. The molecule has 0 radical (unpaired) electrons. The molecule has 0 N–H and O–H groups in total. The lowest BCUT2D eigenvalue weighted by Gasteiger charge is -2.33. The Bertz CT molecular complexity index is 356. The summed E-state index contributed by atoms with van der Waals surface area (Å²) in [5, 5.41) is 0. The Hall–Kier alpha value is -1.12. The maximum atomic E-state index is 5.38. The Kier molecular flexibility index (Phi) is 3.75. The van der Waals surface area contributed by atoms with Gasteiger partial charge in [0.1, 0.15) is 0 Å². The summed E-state index contributed by atoms with van der Waals surface area (Å²) in [4.78, 5) is 2.46. The second kappa shape index (κ2) is 5.28. The zero-order valence-electron chi connectivity index (χ0n) is 9.86. The van der Waals surface area contributed by atoms with Gasteiger partial charge in [0, 0.05) is 19.1 Å². The van der Waals surface area contributed by atoms with Gasteiger partial charge in [-0.25, -0.2) is 0 Å². The molecular formula is C14H19NO. The highest BCUT2D eigenvalue weighted by atomic mass is 16.5. The first kappa shape index (κ1) is 11.4. The summed E-state index contributed by atoms with van der Waals surface area (Å²) in [5.74, 6) is 0. The van der Waals surface area contributed by atoms with E-state index in [0.717, 1.165) is 26.3 Å². The molecule has 1 saturated heterocycles. The standard InChI is InChI=1S/C14H19NO/c1-3-13-6-4-5-7-14(13)12(2)15-8-10-16-11-9-15/h3-7,12H,1,8-11H2,2H3. The minimum atomic E-state index is 0.443. The highest BCUT2D eigenvalue weighted by Crippen LogP contribution is 2.24. The van der Waals surface area contributed by atoms with E-state index >= 15 is 0 Å². The van der Waals surface area contributed by atoms with Gasteiger partial charge in [-0.1, -0.05) is 36.9 Å². The maximum absolute atomic E-state index is 5.38. The summed E-state index contributed by atoms with van der Waals surface area (Å²) in [6.07, 6.45) is 1.94. The quantitative estimate of drug-likeness (QED) is 0.772. The lowest BCUT2D eigenvalue weighted by Crippen LogP contribution is -2.38. The molecule has 2 nitrogen and oxygen atoms in total. The van der Waals surface area contributed by atoms with Crippen molar-refractivity contribution < 1.29 is 4.74 Å². The molecule has 1 heterocycles. The molecule has 0 amide bonds. The molecule has 1 atom stereocenters. The van der Waals surface area contributed by atoms with Gasteiger partial charge in [0.2, 0.25) is 0 Å². The topological polar surface area (TPSA) is 12.5 Å². The zero-order valence-corrected chi connectivity index (χ0v) is 9.86. The van der Waals surface area contributed by atoms with Gasteiger partial charge in [-0.2, -0.15) is 0 Å². The normalized spacial score (nSPS) is 19.3. The molecular weight excluding hydrogens is 198 g/mol. The second-order valence-electron chi connectivity index (χ2n) is 4.16. The van der Waals surface area contributed by atoms with Crippen LogP contribution in [0, 0.1) is 0 Å². The Balaban J connectivity index is 2.18. The van der Waals surface area contributed by atoms with Gasteiger partial charge in [-0.05, 0) is 18.1 Å². The summed E-state index contributed by atoms with van der Waals surface area (Å²) in [6, 6.07) is 8.92. The Morgan fingerprint density at radius 3 is 2.69 bits per heavy atom. The third kappa shape index (κ3) is 2.34. The van der Waals surface area contributed by atoms with E-state index in [1.807, 2.05) is 6.08 Å². The average molecular weight is 217 g/mol. The Morgan fingerprint density at radius 2 is 2.00 bits per heavy atom. The van der Waals surface area contributed by atoms with Crippen LogP contribution in [-0.2, 0) is 4.74 Å². The molecule has 2 rings (SSSR count). The first-order valence-electron chi connectivity index (χ1n) is 5.86. The van der Waals surface area contributed by atoms with Crippen LogP contribution in [0.25, 0.3) is 6.08 Å². The van der Waals surface area contributed by atoms with Crippen LogP contribution in [0.3, 0.4) is 0 Å². The predicted octanol–water partition coefficient (Wildman–Crippen LogP) is 2.72. The van der Waals surface area contributed by atoms with Crippen LogP contribution in [0.4, 0.5) is 0 Å². The highest BCUT2D eigenvalue weighted by molar-refractivity contribution is 5.52. The Morgan fingerprint density at radius 1 is 1.31 bits per heavy atom. The zero-order chi connectivity index (χ0) is 11.4. The molecule has 1 aliphatic rings. The molecule has 1 fully saturated rings. The number of hydrogen-bond donors (Lipinski definition) is 0. The third-order valence-electron chi connectivity index (χ3n) is 3.26. The van der Waals surface area contributed by atoms with Gasteiger partial charge in [-0.3, -0.25) is 4.90 Å². The molecule has 86 valence electrons. The summed E-state index contributed by atoms with van der Waals surface area (Å²) in [6.45, 7) is 9.87. The van der Waals surface area contributed by atoms with Crippen molar-refractivity contribution in [1.29, 1.82) is 0 Å². The third-order valence-corrected chi connectivity index (χ3v) is 3.26. The van der Waals surface area contributed by atoms with Gasteiger partial charge in [0.15, 0.2) is 0 Å². The number of nitrogens with zero attached hydrogens (tertiary/aromatic N) is 1. The van der Waals surface area contributed by atoms with Crippen LogP contribution in [-0.4, -0.2) is 31.2 Å². The van der Waals surface area contributed by atoms with E-state index in [2.05, 4.69) is 42.7 Å². The molecule has 16 heavy (non-hydrogen) atoms. The largest absolute Gasteiger partial charge is 0.379 e. The van der Waals surface area contributed by atoms with Gasteiger partial charge in [0.05, 0.1) is 13.2 Å². The van der Waals surface area contributed by atoms with Crippen LogP contribution < -0.4 is 0 Å². The van der Waals surface area contributed by atoms with Crippen molar-refractivity contribution in [2.45, 2.75) is 13.0 Å². The maximum Gasteiger partial charge on any atom is 0.0594 e. The van der Waals surface area contributed by atoms with Gasteiger partial charge >= 0.3 is 0 Å². The summed E-state index contributed by atoms with van der Waals surface area (Å²) < 4.78 is 5.38. The smallest absolute Gasteiger partial charge is 0.0594 e. The number of hydrogen-bond acceptors (Lipinski definition) is 2. The van der Waals surface area contributed by atoms with Crippen LogP contribution in [0.1, 0.15) is 24.1 Å². The highest BCUT2D eigenvalue weighted by Gasteiger charge is 2.19. The van der Waals surface area contributed by atoms with Crippen molar-refractivity contribution in [2.24, 2.45) is 0 Å². The first-order chi connectivity index (χ1) is 7.83. The van der Waals surface area contributed by atoms with Crippen molar-refractivity contribution >= 4 is 6.08 Å². The monoisotopic (exact) mass is 217 g/mol.